The van der Waals surface area contributed by atoms with E-state index < -0.39 is 0 Å². The maximum atomic E-state index is 13.0. The van der Waals surface area contributed by atoms with Crippen molar-refractivity contribution in [2.45, 2.75) is 18.9 Å². The van der Waals surface area contributed by atoms with Crippen molar-refractivity contribution in [3.05, 3.63) is 59.6 Å². The van der Waals surface area contributed by atoms with Gasteiger partial charge >= 0.3 is 0 Å². The summed E-state index contributed by atoms with van der Waals surface area (Å²) in [6.45, 7) is 1.19. The minimum absolute atomic E-state index is 0.0465. The summed E-state index contributed by atoms with van der Waals surface area (Å²) in [7, 11) is 3.17. The van der Waals surface area contributed by atoms with E-state index in [4.69, 9.17) is 18.6 Å². The molecule has 2 aromatic carbocycles. The van der Waals surface area contributed by atoms with Gasteiger partial charge in [-0.25, -0.2) is 4.99 Å². The normalized spacial score (nSPS) is 16.6. The summed E-state index contributed by atoms with van der Waals surface area (Å²) < 4.78 is 22.3. The van der Waals surface area contributed by atoms with Crippen LogP contribution in [-0.4, -0.2) is 39.4 Å². The van der Waals surface area contributed by atoms with Gasteiger partial charge in [-0.15, -0.1) is 0 Å². The molecule has 0 radical (unpaired) electrons. The van der Waals surface area contributed by atoms with E-state index in [-0.39, 0.29) is 17.6 Å². The highest BCUT2D eigenvalue weighted by atomic mass is 16.5. The van der Waals surface area contributed by atoms with Crippen LogP contribution in [0, 0.1) is 0 Å². The number of ether oxygens (including phenoxy) is 3. The molecule has 7 heteroatoms. The highest BCUT2D eigenvalue weighted by molar-refractivity contribution is 5.97. The Bertz CT molecular complexity index is 1120. The molecule has 4 rings (SSSR count). The Labute approximate surface area is 174 Å². The maximum Gasteiger partial charge on any atom is 0.256 e. The zero-order valence-electron chi connectivity index (χ0n) is 17.0. The molecule has 7 nitrogen and oxygen atoms in total. The average molecular weight is 408 g/mol. The van der Waals surface area contributed by atoms with Crippen LogP contribution in [0.2, 0.25) is 0 Å². The first kappa shape index (κ1) is 20.0. The summed E-state index contributed by atoms with van der Waals surface area (Å²) in [6.07, 6.45) is 2.01. The summed E-state index contributed by atoms with van der Waals surface area (Å²) in [5.41, 5.74) is 1.68. The smallest absolute Gasteiger partial charge is 0.256 e. The van der Waals surface area contributed by atoms with Gasteiger partial charge in [0, 0.05) is 24.6 Å². The Morgan fingerprint density at radius 2 is 2.03 bits per heavy atom. The number of rotatable bonds is 6. The molecule has 0 spiro atoms. The number of methoxy groups -OCH3 is 2. The van der Waals surface area contributed by atoms with Crippen LogP contribution >= 0.6 is 0 Å². The summed E-state index contributed by atoms with van der Waals surface area (Å²) in [5, 5.41) is 3.69. The van der Waals surface area contributed by atoms with E-state index >= 15 is 0 Å². The number of hydrogen-bond acceptors (Lipinski definition) is 6. The van der Waals surface area contributed by atoms with E-state index in [1.807, 2.05) is 30.3 Å². The third kappa shape index (κ3) is 4.31. The Morgan fingerprint density at radius 1 is 1.17 bits per heavy atom. The summed E-state index contributed by atoms with van der Waals surface area (Å²) in [5.74, 6) is 0.973. The number of amides is 1. The van der Waals surface area contributed by atoms with Gasteiger partial charge in [-0.2, -0.15) is 0 Å². The molecule has 1 aliphatic rings. The number of fused-ring (bicyclic) bond motifs is 1. The zero-order valence-corrected chi connectivity index (χ0v) is 17.0. The number of nitrogens with zero attached hydrogens (tertiary/aromatic N) is 1. The monoisotopic (exact) mass is 408 g/mol. The second kappa shape index (κ2) is 9.00. The van der Waals surface area contributed by atoms with Crippen molar-refractivity contribution in [3.63, 3.8) is 0 Å². The van der Waals surface area contributed by atoms with Gasteiger partial charge in [-0.1, -0.05) is 18.2 Å². The van der Waals surface area contributed by atoms with E-state index in [9.17, 15) is 4.79 Å². The Hall–Kier alpha value is -3.32. The molecule has 1 atom stereocenters. The summed E-state index contributed by atoms with van der Waals surface area (Å²) in [6, 6.07) is 14.5. The molecule has 0 aliphatic carbocycles. The first-order valence-electron chi connectivity index (χ1n) is 9.87. The zero-order chi connectivity index (χ0) is 20.9. The molecule has 156 valence electrons. The number of carbonyl (C=O) groups is 1. The quantitative estimate of drug-likeness (QED) is 0.674. The fourth-order valence-electron chi connectivity index (χ4n) is 3.44. The fourth-order valence-corrected chi connectivity index (χ4v) is 3.44. The van der Waals surface area contributed by atoms with Gasteiger partial charge in [0.05, 0.1) is 26.0 Å². The van der Waals surface area contributed by atoms with Crippen LogP contribution in [0.4, 0.5) is 5.69 Å². The maximum absolute atomic E-state index is 13.0. The SMILES string of the molecule is COc1cccc(N=c2oc3c(OC)cccc3cc2C(=O)NCC2CCCO2)c1. The number of carbonyl (C=O) groups excluding carboxylic acids is 1. The number of nitrogens with one attached hydrogen (secondary N) is 1. The van der Waals surface area contributed by atoms with E-state index in [0.29, 0.717) is 34.9 Å². The van der Waals surface area contributed by atoms with Crippen molar-refractivity contribution < 1.29 is 23.4 Å². The third-order valence-corrected chi connectivity index (χ3v) is 5.00. The molecular formula is C23H24N2O5. The van der Waals surface area contributed by atoms with Gasteiger partial charge in [-0.3, -0.25) is 4.79 Å². The summed E-state index contributed by atoms with van der Waals surface area (Å²) in [4.78, 5) is 17.6. The predicted molar refractivity (Wildman–Crippen MR) is 112 cm³/mol. The molecule has 1 aromatic heterocycles. The molecule has 1 saturated heterocycles. The second-order valence-corrected chi connectivity index (χ2v) is 7.00. The largest absolute Gasteiger partial charge is 0.497 e. The topological polar surface area (TPSA) is 82.3 Å². The molecule has 2 heterocycles. The molecule has 1 aliphatic heterocycles. The molecular weight excluding hydrogens is 384 g/mol. The highest BCUT2D eigenvalue weighted by Crippen LogP contribution is 2.25. The van der Waals surface area contributed by atoms with Crippen LogP contribution in [0.25, 0.3) is 11.0 Å². The fraction of sp³-hybridized carbons (Fsp3) is 0.304. The van der Waals surface area contributed by atoms with Crippen LogP contribution in [0.1, 0.15) is 23.2 Å². The van der Waals surface area contributed by atoms with E-state index in [0.717, 1.165) is 24.8 Å². The highest BCUT2D eigenvalue weighted by Gasteiger charge is 2.19. The molecule has 1 fully saturated rings. The first-order valence-corrected chi connectivity index (χ1v) is 9.87. The lowest BCUT2D eigenvalue weighted by atomic mass is 10.1. The van der Waals surface area contributed by atoms with Gasteiger partial charge in [0.15, 0.2) is 11.3 Å². The van der Waals surface area contributed by atoms with Gasteiger partial charge in [-0.05, 0) is 37.1 Å². The van der Waals surface area contributed by atoms with E-state index in [1.165, 1.54) is 0 Å². The van der Waals surface area contributed by atoms with E-state index in [1.54, 1.807) is 32.4 Å². The summed E-state index contributed by atoms with van der Waals surface area (Å²) >= 11 is 0. The molecule has 30 heavy (non-hydrogen) atoms. The van der Waals surface area contributed by atoms with Crippen LogP contribution in [-0.2, 0) is 4.74 Å². The number of hydrogen-bond donors (Lipinski definition) is 1. The van der Waals surface area contributed by atoms with Crippen LogP contribution in [0.3, 0.4) is 0 Å². The molecule has 0 saturated carbocycles. The third-order valence-electron chi connectivity index (χ3n) is 5.00. The number of para-hydroxylation sites is 1. The van der Waals surface area contributed by atoms with Gasteiger partial charge in [0.2, 0.25) is 5.55 Å². The van der Waals surface area contributed by atoms with Crippen LogP contribution in [0.15, 0.2) is 57.9 Å². The molecule has 1 N–H and O–H groups in total. The van der Waals surface area contributed by atoms with Gasteiger partial charge < -0.3 is 23.9 Å². The lowest BCUT2D eigenvalue weighted by Gasteiger charge is -2.12. The lowest BCUT2D eigenvalue weighted by molar-refractivity contribution is 0.0854. The van der Waals surface area contributed by atoms with Crippen LogP contribution < -0.4 is 20.3 Å². The molecule has 3 aromatic rings. The Morgan fingerprint density at radius 3 is 2.80 bits per heavy atom. The molecule has 0 bridgehead atoms. The van der Waals surface area contributed by atoms with Gasteiger partial charge in [0.25, 0.3) is 5.91 Å². The van der Waals surface area contributed by atoms with Crippen molar-refractivity contribution in [1.29, 1.82) is 0 Å². The Balaban J connectivity index is 1.78. The lowest BCUT2D eigenvalue weighted by Crippen LogP contribution is -2.34. The van der Waals surface area contributed by atoms with Crippen molar-refractivity contribution in [1.82, 2.24) is 5.32 Å². The van der Waals surface area contributed by atoms with E-state index in [2.05, 4.69) is 10.3 Å². The Kier molecular flexibility index (Phi) is 5.99. The second-order valence-electron chi connectivity index (χ2n) is 7.00. The van der Waals surface area contributed by atoms with Crippen LogP contribution in [0.5, 0.6) is 11.5 Å². The average Bonchev–Trinajstić information content (AvgIpc) is 3.30. The predicted octanol–water partition coefficient (Wildman–Crippen LogP) is 3.59. The van der Waals surface area contributed by atoms with Crippen molar-refractivity contribution in [2.24, 2.45) is 4.99 Å². The standard InChI is InChI=1S/C23H24N2O5/c1-27-17-8-4-7-16(13-17)25-23-19(22(26)24-14-18-9-5-11-29-18)12-15-6-3-10-20(28-2)21(15)30-23/h3-4,6-8,10,12-13,18H,5,9,11,14H2,1-2H3,(H,24,26). The van der Waals surface area contributed by atoms with Gasteiger partial charge in [0.1, 0.15) is 11.3 Å². The minimum Gasteiger partial charge on any atom is -0.497 e. The number of benzene rings is 2. The minimum atomic E-state index is -0.263. The first-order chi connectivity index (χ1) is 14.7. The molecule has 1 amide bonds. The van der Waals surface area contributed by atoms with Crippen molar-refractivity contribution in [3.8, 4) is 11.5 Å². The van der Waals surface area contributed by atoms with Crippen molar-refractivity contribution in [2.75, 3.05) is 27.4 Å². The molecule has 1 unspecified atom stereocenters. The van der Waals surface area contributed by atoms with Crippen molar-refractivity contribution >= 4 is 22.6 Å².